The maximum absolute atomic E-state index is 10.8. The lowest BCUT2D eigenvalue weighted by Gasteiger charge is -2.10. The second-order valence-corrected chi connectivity index (χ2v) is 2.59. The average Bonchev–Trinajstić information content (AvgIpc) is 2.02. The molecule has 0 aliphatic heterocycles. The van der Waals surface area contributed by atoms with Gasteiger partial charge in [0.1, 0.15) is 0 Å². The van der Waals surface area contributed by atoms with Crippen LogP contribution < -0.4 is 0 Å². The van der Waals surface area contributed by atoms with E-state index in [0.717, 1.165) is 0 Å². The molecule has 0 spiro atoms. The van der Waals surface area contributed by atoms with E-state index in [1.807, 2.05) is 0 Å². The Morgan fingerprint density at radius 3 is 2.46 bits per heavy atom. The summed E-state index contributed by atoms with van der Waals surface area (Å²) in [5, 5.41) is 1.49. The summed E-state index contributed by atoms with van der Waals surface area (Å²) < 4.78 is 9.44. The fraction of sp³-hybridized carbons (Fsp3) is 0.625. The Kier molecular flexibility index (Phi) is 6.13. The van der Waals surface area contributed by atoms with Crippen molar-refractivity contribution in [2.24, 2.45) is 0 Å². The lowest BCUT2D eigenvalue weighted by atomic mass is 10.4. The van der Waals surface area contributed by atoms with Crippen molar-refractivity contribution in [2.75, 3.05) is 27.7 Å². The fourth-order valence-electron chi connectivity index (χ4n) is 0.395. The number of carbonyl (C=O) groups excluding carboxylic acids is 1. The Balaban J connectivity index is 3.26. The number of ether oxygens (including phenoxy) is 2. The lowest BCUT2D eigenvalue weighted by molar-refractivity contribution is -0.222. The van der Waals surface area contributed by atoms with Gasteiger partial charge in [0.2, 0.25) is 0 Å². The van der Waals surface area contributed by atoms with Gasteiger partial charge in [0.15, 0.2) is 13.6 Å². The van der Waals surface area contributed by atoms with Crippen LogP contribution in [0.2, 0.25) is 0 Å². The third-order valence-electron chi connectivity index (χ3n) is 1.02. The molecule has 0 atom stereocenters. The van der Waals surface area contributed by atoms with Crippen LogP contribution in [0.5, 0.6) is 0 Å². The van der Waals surface area contributed by atoms with Crippen LogP contribution in [0.25, 0.3) is 0 Å². The van der Waals surface area contributed by atoms with Crippen LogP contribution >= 0.6 is 0 Å². The molecule has 0 aliphatic carbocycles. The second-order valence-electron chi connectivity index (χ2n) is 2.59. The highest BCUT2D eigenvalue weighted by Gasteiger charge is 2.01. The monoisotopic (exact) mass is 189 g/mol. The van der Waals surface area contributed by atoms with Crippen molar-refractivity contribution < 1.29 is 19.1 Å². The zero-order chi connectivity index (χ0) is 10.3. The molecular weight excluding hydrogens is 174 g/mol. The molecular formula is C8H15NO4. The van der Waals surface area contributed by atoms with Crippen LogP contribution in [0.15, 0.2) is 12.2 Å². The highest BCUT2D eigenvalue weighted by Crippen LogP contribution is 1.92. The second kappa shape index (κ2) is 6.59. The molecule has 0 aromatic heterocycles. The zero-order valence-electron chi connectivity index (χ0n) is 8.20. The first kappa shape index (κ1) is 12.1. The molecule has 0 saturated carbocycles. The predicted octanol–water partition coefficient (Wildman–Crippen LogP) is 0.530. The SMILES string of the molecule is C=C(C)C(=O)OCOCON(C)C. The van der Waals surface area contributed by atoms with Gasteiger partial charge in [-0.15, -0.1) is 0 Å². The summed E-state index contributed by atoms with van der Waals surface area (Å²) in [6.45, 7) is 4.91. The van der Waals surface area contributed by atoms with Crippen molar-refractivity contribution in [3.05, 3.63) is 12.2 Å². The number of hydroxylamine groups is 2. The molecule has 5 nitrogen and oxygen atoms in total. The fourth-order valence-corrected chi connectivity index (χ4v) is 0.395. The summed E-state index contributed by atoms with van der Waals surface area (Å²) in [5.41, 5.74) is 0.345. The van der Waals surface area contributed by atoms with Gasteiger partial charge in [-0.3, -0.25) is 4.84 Å². The van der Waals surface area contributed by atoms with E-state index in [1.165, 1.54) is 5.06 Å². The lowest BCUT2D eigenvalue weighted by Crippen LogP contribution is -2.17. The number of esters is 1. The molecule has 0 aromatic rings. The normalized spacial score (nSPS) is 10.2. The quantitative estimate of drug-likeness (QED) is 0.200. The van der Waals surface area contributed by atoms with Gasteiger partial charge >= 0.3 is 5.97 Å². The molecule has 0 rings (SSSR count). The Morgan fingerprint density at radius 2 is 2.00 bits per heavy atom. The molecule has 0 saturated heterocycles. The van der Waals surface area contributed by atoms with E-state index in [9.17, 15) is 4.79 Å². The smallest absolute Gasteiger partial charge is 0.335 e. The summed E-state index contributed by atoms with van der Waals surface area (Å²) in [5.74, 6) is -0.468. The van der Waals surface area contributed by atoms with Crippen molar-refractivity contribution in [2.45, 2.75) is 6.92 Å². The van der Waals surface area contributed by atoms with Gasteiger partial charge in [0.25, 0.3) is 0 Å². The molecule has 0 N–H and O–H groups in total. The summed E-state index contributed by atoms with van der Waals surface area (Å²) in [6, 6.07) is 0. The maximum atomic E-state index is 10.8. The van der Waals surface area contributed by atoms with Crippen molar-refractivity contribution in [3.8, 4) is 0 Å². The summed E-state index contributed by atoms with van der Waals surface area (Å²) in [7, 11) is 3.45. The Hall–Kier alpha value is -0.910. The molecule has 0 aromatic carbocycles. The first-order valence-electron chi connectivity index (χ1n) is 3.74. The number of hydrogen-bond donors (Lipinski definition) is 0. The highest BCUT2D eigenvalue weighted by atomic mass is 16.8. The van der Waals surface area contributed by atoms with Gasteiger partial charge in [-0.1, -0.05) is 6.58 Å². The van der Waals surface area contributed by atoms with Gasteiger partial charge in [0.05, 0.1) is 0 Å². The van der Waals surface area contributed by atoms with E-state index in [0.29, 0.717) is 5.57 Å². The number of rotatable bonds is 6. The Morgan fingerprint density at radius 1 is 1.38 bits per heavy atom. The Labute approximate surface area is 77.8 Å². The maximum Gasteiger partial charge on any atom is 0.335 e. The Bertz CT molecular complexity index is 179. The van der Waals surface area contributed by atoms with Crippen LogP contribution in [0.3, 0.4) is 0 Å². The molecule has 0 radical (unpaired) electrons. The van der Waals surface area contributed by atoms with Gasteiger partial charge in [-0.25, -0.2) is 4.79 Å². The van der Waals surface area contributed by atoms with E-state index < -0.39 is 5.97 Å². The van der Waals surface area contributed by atoms with E-state index >= 15 is 0 Å². The van der Waals surface area contributed by atoms with Gasteiger partial charge < -0.3 is 9.47 Å². The van der Waals surface area contributed by atoms with Crippen molar-refractivity contribution in [3.63, 3.8) is 0 Å². The third kappa shape index (κ3) is 7.45. The topological polar surface area (TPSA) is 48.0 Å². The van der Waals surface area contributed by atoms with Crippen molar-refractivity contribution >= 4 is 5.97 Å². The van der Waals surface area contributed by atoms with Crippen LogP contribution in [0.4, 0.5) is 0 Å². The van der Waals surface area contributed by atoms with Crippen LogP contribution in [0.1, 0.15) is 6.92 Å². The van der Waals surface area contributed by atoms with Crippen molar-refractivity contribution in [1.82, 2.24) is 5.06 Å². The van der Waals surface area contributed by atoms with Crippen LogP contribution in [0, 0.1) is 0 Å². The third-order valence-corrected chi connectivity index (χ3v) is 1.02. The molecule has 76 valence electrons. The molecule has 0 aliphatic rings. The van der Waals surface area contributed by atoms with Crippen molar-refractivity contribution in [1.29, 1.82) is 0 Å². The van der Waals surface area contributed by atoms with E-state index in [4.69, 9.17) is 9.57 Å². The summed E-state index contributed by atoms with van der Waals surface area (Å²) >= 11 is 0. The predicted molar refractivity (Wildman–Crippen MR) is 46.5 cm³/mol. The molecule has 13 heavy (non-hydrogen) atoms. The minimum Gasteiger partial charge on any atom is -0.435 e. The van der Waals surface area contributed by atoms with E-state index in [2.05, 4.69) is 11.3 Å². The first-order valence-corrected chi connectivity index (χ1v) is 3.74. The molecule has 5 heteroatoms. The average molecular weight is 189 g/mol. The van der Waals surface area contributed by atoms with Crippen LogP contribution in [-0.4, -0.2) is 38.7 Å². The highest BCUT2D eigenvalue weighted by molar-refractivity contribution is 5.86. The van der Waals surface area contributed by atoms with E-state index in [1.54, 1.807) is 21.0 Å². The number of carbonyl (C=O) groups is 1. The minimum absolute atomic E-state index is 0.0521. The largest absolute Gasteiger partial charge is 0.435 e. The first-order chi connectivity index (χ1) is 6.04. The van der Waals surface area contributed by atoms with Crippen LogP contribution in [-0.2, 0) is 19.1 Å². The molecule has 0 unspecified atom stereocenters. The minimum atomic E-state index is -0.468. The van der Waals surface area contributed by atoms with Gasteiger partial charge in [-0.05, 0) is 6.92 Å². The zero-order valence-corrected chi connectivity index (χ0v) is 8.20. The summed E-state index contributed by atoms with van der Waals surface area (Å²) in [6.07, 6.45) is 0. The standard InChI is InChI=1S/C8H15NO4/c1-7(2)8(10)12-5-11-6-13-9(3)4/h1,5-6H2,2-4H3. The molecule has 0 amide bonds. The van der Waals surface area contributed by atoms with Gasteiger partial charge in [-0.2, -0.15) is 5.06 Å². The number of hydrogen-bond acceptors (Lipinski definition) is 5. The molecule has 0 bridgehead atoms. The molecule has 0 fully saturated rings. The van der Waals surface area contributed by atoms with E-state index in [-0.39, 0.29) is 13.6 Å². The molecule has 0 heterocycles. The summed E-state index contributed by atoms with van der Waals surface area (Å²) in [4.78, 5) is 15.7. The van der Waals surface area contributed by atoms with Gasteiger partial charge in [0, 0.05) is 19.7 Å². The number of nitrogens with zero attached hydrogens (tertiary/aromatic N) is 1.